The predicted molar refractivity (Wildman–Crippen MR) is 122 cm³/mol. The van der Waals surface area contributed by atoms with Crippen LogP contribution in [0.3, 0.4) is 0 Å². The molecule has 1 aromatic carbocycles. The first-order chi connectivity index (χ1) is 15.2. The number of thiophene rings is 1. The number of hydrogen-bond acceptors (Lipinski definition) is 7. The van der Waals surface area contributed by atoms with Gasteiger partial charge in [-0.2, -0.15) is 0 Å². The van der Waals surface area contributed by atoms with Crippen molar-refractivity contribution in [3.8, 4) is 28.5 Å². The molecule has 0 aliphatic carbocycles. The van der Waals surface area contributed by atoms with Crippen molar-refractivity contribution in [2.24, 2.45) is 0 Å². The molecule has 1 fully saturated rings. The van der Waals surface area contributed by atoms with E-state index in [1.165, 1.54) is 11.3 Å². The van der Waals surface area contributed by atoms with Crippen molar-refractivity contribution in [2.75, 3.05) is 32.9 Å². The van der Waals surface area contributed by atoms with Crippen LogP contribution in [0.25, 0.3) is 11.3 Å². The fourth-order valence-electron chi connectivity index (χ4n) is 4.01. The molecule has 0 spiro atoms. The van der Waals surface area contributed by atoms with Crippen molar-refractivity contribution < 1.29 is 19.0 Å². The lowest BCUT2D eigenvalue weighted by Gasteiger charge is -2.31. The summed E-state index contributed by atoms with van der Waals surface area (Å²) in [5.74, 6) is 2.73. The monoisotopic (exact) mass is 456 g/mol. The van der Waals surface area contributed by atoms with Gasteiger partial charge in [-0.05, 0) is 49.4 Å². The lowest BCUT2D eigenvalue weighted by Crippen LogP contribution is -2.37. The molecule has 0 unspecified atom stereocenters. The largest absolute Gasteiger partial charge is 0.492 e. The molecule has 0 bridgehead atoms. The molecule has 4 heterocycles. The zero-order valence-corrected chi connectivity index (χ0v) is 19.0. The van der Waals surface area contributed by atoms with E-state index < -0.39 is 0 Å². The van der Waals surface area contributed by atoms with E-state index in [0.29, 0.717) is 36.4 Å². The van der Waals surface area contributed by atoms with Crippen LogP contribution < -0.4 is 14.2 Å². The van der Waals surface area contributed by atoms with E-state index in [1.807, 2.05) is 41.5 Å². The van der Waals surface area contributed by atoms with Crippen LogP contribution in [0.15, 0.2) is 35.0 Å². The van der Waals surface area contributed by atoms with Crippen molar-refractivity contribution in [2.45, 2.75) is 25.7 Å². The number of nitrogens with zero attached hydrogens (tertiary/aromatic N) is 2. The number of thiazole rings is 1. The Labute approximate surface area is 189 Å². The third-order valence-electron chi connectivity index (χ3n) is 5.61. The maximum atomic E-state index is 12.9. The van der Waals surface area contributed by atoms with E-state index in [4.69, 9.17) is 19.2 Å². The molecular formula is C23H24N2O4S2. The number of carbonyl (C=O) groups excluding carboxylic acids is 1. The van der Waals surface area contributed by atoms with Crippen LogP contribution in [0.4, 0.5) is 0 Å². The molecule has 0 saturated carbocycles. The molecule has 162 valence electrons. The molecule has 2 aliphatic rings. The number of benzene rings is 1. The van der Waals surface area contributed by atoms with Crippen molar-refractivity contribution >= 4 is 28.6 Å². The molecule has 5 rings (SSSR count). The van der Waals surface area contributed by atoms with E-state index in [-0.39, 0.29) is 5.91 Å². The summed E-state index contributed by atoms with van der Waals surface area (Å²) >= 11 is 3.15. The summed E-state index contributed by atoms with van der Waals surface area (Å²) in [5.41, 5.74) is 2.01. The number of fused-ring (bicyclic) bond motifs is 1. The number of aromatic nitrogens is 1. The Hall–Kier alpha value is -2.58. The number of rotatable bonds is 5. The van der Waals surface area contributed by atoms with Gasteiger partial charge in [0.05, 0.1) is 17.3 Å². The zero-order valence-electron chi connectivity index (χ0n) is 17.3. The number of piperidine rings is 1. The van der Waals surface area contributed by atoms with Crippen LogP contribution in [-0.2, 0) is 0 Å². The van der Waals surface area contributed by atoms with E-state index in [2.05, 4.69) is 5.38 Å². The number of ether oxygens (including phenoxy) is 3. The molecule has 31 heavy (non-hydrogen) atoms. The van der Waals surface area contributed by atoms with Gasteiger partial charge in [-0.25, -0.2) is 4.98 Å². The third-order valence-corrected chi connectivity index (χ3v) is 7.51. The van der Waals surface area contributed by atoms with Crippen LogP contribution >= 0.6 is 22.7 Å². The molecule has 0 N–H and O–H groups in total. The highest BCUT2D eigenvalue weighted by atomic mass is 32.1. The lowest BCUT2D eigenvalue weighted by atomic mass is 9.97. The van der Waals surface area contributed by atoms with E-state index >= 15 is 0 Å². The van der Waals surface area contributed by atoms with Crippen molar-refractivity contribution in [3.63, 3.8) is 0 Å². The van der Waals surface area contributed by atoms with Crippen LogP contribution in [0, 0.1) is 0 Å². The van der Waals surface area contributed by atoms with Gasteiger partial charge >= 0.3 is 0 Å². The lowest BCUT2D eigenvalue weighted by molar-refractivity contribution is 0.0714. The van der Waals surface area contributed by atoms with Crippen molar-refractivity contribution in [1.29, 1.82) is 0 Å². The molecule has 2 aromatic heterocycles. The summed E-state index contributed by atoms with van der Waals surface area (Å²) in [6.07, 6.45) is 1.85. The minimum Gasteiger partial charge on any atom is -0.492 e. The Balaban J connectivity index is 1.24. The fraction of sp³-hybridized carbons (Fsp3) is 0.391. The van der Waals surface area contributed by atoms with Gasteiger partial charge in [0, 0.05) is 30.0 Å². The van der Waals surface area contributed by atoms with E-state index in [9.17, 15) is 4.79 Å². The first kappa shape index (κ1) is 20.3. The van der Waals surface area contributed by atoms with Gasteiger partial charge in [0.25, 0.3) is 5.91 Å². The smallest absolute Gasteiger partial charge is 0.267 e. The first-order valence-corrected chi connectivity index (χ1v) is 12.3. The summed E-state index contributed by atoms with van der Waals surface area (Å²) in [7, 11) is 0. The second-order valence-corrected chi connectivity index (χ2v) is 9.35. The molecule has 8 heteroatoms. The van der Waals surface area contributed by atoms with Gasteiger partial charge in [0.15, 0.2) is 11.5 Å². The Bertz CT molecular complexity index is 1070. The summed E-state index contributed by atoms with van der Waals surface area (Å²) in [6.45, 7) is 5.15. The van der Waals surface area contributed by atoms with Gasteiger partial charge in [0.2, 0.25) is 0 Å². The highest BCUT2D eigenvalue weighted by Gasteiger charge is 2.28. The average molecular weight is 457 g/mol. The molecular weight excluding hydrogens is 432 g/mol. The standard InChI is InChI=1S/C23H24N2O4S2/c1-2-27-19-7-12-30-21(19)23(26)25-8-5-15(6-9-25)22-24-17(14-31-22)16-3-4-18-20(13-16)29-11-10-28-18/h3-4,7,12-15H,2,5-6,8-11H2,1H3. The topological polar surface area (TPSA) is 60.9 Å². The zero-order chi connectivity index (χ0) is 21.2. The van der Waals surface area contributed by atoms with Crippen LogP contribution in [0.2, 0.25) is 0 Å². The second kappa shape index (κ2) is 8.88. The van der Waals surface area contributed by atoms with E-state index in [0.717, 1.165) is 53.7 Å². The van der Waals surface area contributed by atoms with Crippen molar-refractivity contribution in [3.05, 3.63) is 44.9 Å². The molecule has 2 aliphatic heterocycles. The van der Waals surface area contributed by atoms with Gasteiger partial charge in [0.1, 0.15) is 23.8 Å². The normalized spacial score (nSPS) is 16.4. The number of amides is 1. The average Bonchev–Trinajstić information content (AvgIpc) is 3.49. The Kier molecular flexibility index (Phi) is 5.82. The summed E-state index contributed by atoms with van der Waals surface area (Å²) in [4.78, 5) is 20.5. The minimum atomic E-state index is 0.0769. The quantitative estimate of drug-likeness (QED) is 0.537. The fourth-order valence-corrected chi connectivity index (χ4v) is 5.81. The SMILES string of the molecule is CCOc1ccsc1C(=O)N1CCC(c2nc(-c3ccc4c(c3)OCCO4)cs2)CC1. The Morgan fingerprint density at radius 2 is 1.97 bits per heavy atom. The second-order valence-electron chi connectivity index (χ2n) is 7.54. The van der Waals surface area contributed by atoms with E-state index in [1.54, 1.807) is 11.3 Å². The number of likely N-dealkylation sites (tertiary alicyclic amines) is 1. The van der Waals surface area contributed by atoms with Gasteiger partial charge in [-0.3, -0.25) is 4.79 Å². The summed E-state index contributed by atoms with van der Waals surface area (Å²) in [6, 6.07) is 7.87. The summed E-state index contributed by atoms with van der Waals surface area (Å²) in [5, 5.41) is 5.17. The highest BCUT2D eigenvalue weighted by molar-refractivity contribution is 7.12. The molecule has 6 nitrogen and oxygen atoms in total. The molecule has 0 radical (unpaired) electrons. The maximum absolute atomic E-state index is 12.9. The van der Waals surface area contributed by atoms with Crippen LogP contribution in [0.1, 0.15) is 40.4 Å². The molecule has 1 saturated heterocycles. The first-order valence-electron chi connectivity index (χ1n) is 10.6. The van der Waals surface area contributed by atoms with Gasteiger partial charge in [-0.1, -0.05) is 0 Å². The maximum Gasteiger partial charge on any atom is 0.267 e. The Morgan fingerprint density at radius 3 is 2.77 bits per heavy atom. The van der Waals surface area contributed by atoms with Gasteiger partial charge in [-0.15, -0.1) is 22.7 Å². The minimum absolute atomic E-state index is 0.0769. The van der Waals surface area contributed by atoms with Crippen LogP contribution in [-0.4, -0.2) is 48.7 Å². The van der Waals surface area contributed by atoms with Gasteiger partial charge < -0.3 is 19.1 Å². The third kappa shape index (κ3) is 4.14. The molecule has 1 amide bonds. The van der Waals surface area contributed by atoms with Crippen LogP contribution in [0.5, 0.6) is 17.2 Å². The summed E-state index contributed by atoms with van der Waals surface area (Å²) < 4.78 is 16.9. The van der Waals surface area contributed by atoms with Crippen molar-refractivity contribution in [1.82, 2.24) is 9.88 Å². The molecule has 3 aromatic rings. The number of hydrogen-bond donors (Lipinski definition) is 0. The predicted octanol–water partition coefficient (Wildman–Crippen LogP) is 5.06. The molecule has 0 atom stereocenters. The number of carbonyl (C=O) groups is 1. The highest BCUT2D eigenvalue weighted by Crippen LogP contribution is 2.37. The Morgan fingerprint density at radius 1 is 1.16 bits per heavy atom.